The highest BCUT2D eigenvalue weighted by Gasteiger charge is 2.20. The molecular formula is C9H18N2O2. The van der Waals surface area contributed by atoms with Crippen LogP contribution in [0.4, 0.5) is 0 Å². The number of amides is 1. The normalized spacial score (nSPS) is 23.2. The molecule has 0 spiro atoms. The average molecular weight is 186 g/mol. The van der Waals surface area contributed by atoms with Gasteiger partial charge in [0, 0.05) is 13.1 Å². The molecule has 2 N–H and O–H groups in total. The number of morpholine rings is 1. The summed E-state index contributed by atoms with van der Waals surface area (Å²) in [5, 5.41) is 5.98. The summed E-state index contributed by atoms with van der Waals surface area (Å²) in [5.74, 6) is 0.543. The molecule has 1 aliphatic heterocycles. The summed E-state index contributed by atoms with van der Waals surface area (Å²) in [4.78, 5) is 11.4. The van der Waals surface area contributed by atoms with Gasteiger partial charge < -0.3 is 15.4 Å². The number of carbonyl (C=O) groups is 1. The Kier molecular flexibility index (Phi) is 4.18. The van der Waals surface area contributed by atoms with Gasteiger partial charge in [0.2, 0.25) is 5.91 Å². The van der Waals surface area contributed by atoms with Crippen LogP contribution in [-0.2, 0) is 9.53 Å². The van der Waals surface area contributed by atoms with Crippen molar-refractivity contribution in [1.29, 1.82) is 0 Å². The Morgan fingerprint density at radius 3 is 3.00 bits per heavy atom. The molecule has 0 aliphatic carbocycles. The SMILES string of the molecule is CC(C)CNC(=O)C1COCCN1. The summed E-state index contributed by atoms with van der Waals surface area (Å²) in [6.45, 7) is 6.84. The maximum atomic E-state index is 11.4. The van der Waals surface area contributed by atoms with Gasteiger partial charge in [-0.05, 0) is 5.92 Å². The fraction of sp³-hybridized carbons (Fsp3) is 0.889. The van der Waals surface area contributed by atoms with E-state index in [2.05, 4.69) is 24.5 Å². The predicted molar refractivity (Wildman–Crippen MR) is 50.5 cm³/mol. The Bertz CT molecular complexity index is 165. The van der Waals surface area contributed by atoms with Crippen molar-refractivity contribution in [2.45, 2.75) is 19.9 Å². The highest BCUT2D eigenvalue weighted by molar-refractivity contribution is 5.81. The van der Waals surface area contributed by atoms with Crippen LogP contribution in [0.5, 0.6) is 0 Å². The third-order valence-corrected chi connectivity index (χ3v) is 1.92. The lowest BCUT2D eigenvalue weighted by molar-refractivity contribution is -0.126. The average Bonchev–Trinajstić information content (AvgIpc) is 2.15. The fourth-order valence-electron chi connectivity index (χ4n) is 1.16. The van der Waals surface area contributed by atoms with Crippen LogP contribution in [0, 0.1) is 5.92 Å². The van der Waals surface area contributed by atoms with Crippen LogP contribution in [-0.4, -0.2) is 38.3 Å². The van der Waals surface area contributed by atoms with Crippen molar-refractivity contribution >= 4 is 5.91 Å². The van der Waals surface area contributed by atoms with Gasteiger partial charge in [-0.2, -0.15) is 0 Å². The molecule has 1 atom stereocenters. The maximum Gasteiger partial charge on any atom is 0.239 e. The fourth-order valence-corrected chi connectivity index (χ4v) is 1.16. The molecule has 4 nitrogen and oxygen atoms in total. The zero-order valence-corrected chi connectivity index (χ0v) is 8.30. The molecular weight excluding hydrogens is 168 g/mol. The van der Waals surface area contributed by atoms with Crippen molar-refractivity contribution in [3.8, 4) is 0 Å². The van der Waals surface area contributed by atoms with Crippen LogP contribution in [0.1, 0.15) is 13.8 Å². The molecule has 4 heteroatoms. The molecule has 1 amide bonds. The molecule has 0 aromatic rings. The van der Waals surface area contributed by atoms with E-state index in [1.807, 2.05) is 0 Å². The van der Waals surface area contributed by atoms with Gasteiger partial charge in [-0.1, -0.05) is 13.8 Å². The lowest BCUT2D eigenvalue weighted by atomic mass is 10.2. The van der Waals surface area contributed by atoms with Gasteiger partial charge in [0.05, 0.1) is 13.2 Å². The van der Waals surface area contributed by atoms with Gasteiger partial charge in [-0.15, -0.1) is 0 Å². The largest absolute Gasteiger partial charge is 0.378 e. The number of carbonyl (C=O) groups excluding carboxylic acids is 1. The third-order valence-electron chi connectivity index (χ3n) is 1.92. The Labute approximate surface area is 79.0 Å². The van der Waals surface area contributed by atoms with Crippen molar-refractivity contribution in [2.24, 2.45) is 5.92 Å². The smallest absolute Gasteiger partial charge is 0.239 e. The zero-order chi connectivity index (χ0) is 9.68. The molecule has 1 aliphatic rings. The first-order valence-corrected chi connectivity index (χ1v) is 4.79. The zero-order valence-electron chi connectivity index (χ0n) is 8.30. The first-order chi connectivity index (χ1) is 6.20. The van der Waals surface area contributed by atoms with E-state index in [4.69, 9.17) is 4.74 Å². The van der Waals surface area contributed by atoms with E-state index in [1.54, 1.807) is 0 Å². The van der Waals surface area contributed by atoms with Gasteiger partial charge in [-0.25, -0.2) is 0 Å². The van der Waals surface area contributed by atoms with Crippen LogP contribution >= 0.6 is 0 Å². The van der Waals surface area contributed by atoms with Crippen molar-refractivity contribution in [1.82, 2.24) is 10.6 Å². The van der Waals surface area contributed by atoms with E-state index in [0.29, 0.717) is 19.1 Å². The van der Waals surface area contributed by atoms with E-state index < -0.39 is 0 Å². The summed E-state index contributed by atoms with van der Waals surface area (Å²) in [6, 6.07) is -0.160. The van der Waals surface area contributed by atoms with Gasteiger partial charge in [0.1, 0.15) is 6.04 Å². The Hall–Kier alpha value is -0.610. The van der Waals surface area contributed by atoms with Crippen LogP contribution in [0.2, 0.25) is 0 Å². The van der Waals surface area contributed by atoms with E-state index in [1.165, 1.54) is 0 Å². The first kappa shape index (κ1) is 10.5. The number of rotatable bonds is 3. The molecule has 0 aromatic carbocycles. The summed E-state index contributed by atoms with van der Waals surface area (Å²) in [5.41, 5.74) is 0. The molecule has 0 aromatic heterocycles. The van der Waals surface area contributed by atoms with Gasteiger partial charge in [0.25, 0.3) is 0 Å². The maximum absolute atomic E-state index is 11.4. The van der Waals surface area contributed by atoms with Crippen molar-refractivity contribution in [3.63, 3.8) is 0 Å². The number of ether oxygens (including phenoxy) is 1. The van der Waals surface area contributed by atoms with E-state index in [0.717, 1.165) is 13.1 Å². The third kappa shape index (κ3) is 3.74. The Balaban J connectivity index is 2.21. The van der Waals surface area contributed by atoms with Crippen LogP contribution in [0.3, 0.4) is 0 Å². The number of hydrogen-bond donors (Lipinski definition) is 2. The molecule has 13 heavy (non-hydrogen) atoms. The number of nitrogens with one attached hydrogen (secondary N) is 2. The van der Waals surface area contributed by atoms with E-state index in [9.17, 15) is 4.79 Å². The summed E-state index contributed by atoms with van der Waals surface area (Å²) < 4.78 is 5.19. The standard InChI is InChI=1S/C9H18N2O2/c1-7(2)5-11-9(12)8-6-13-4-3-10-8/h7-8,10H,3-6H2,1-2H3,(H,11,12). The Morgan fingerprint density at radius 2 is 2.46 bits per heavy atom. The summed E-state index contributed by atoms with van der Waals surface area (Å²) in [6.07, 6.45) is 0. The molecule has 0 radical (unpaired) electrons. The second-order valence-corrected chi connectivity index (χ2v) is 3.72. The highest BCUT2D eigenvalue weighted by Crippen LogP contribution is 1.94. The van der Waals surface area contributed by atoms with E-state index >= 15 is 0 Å². The van der Waals surface area contributed by atoms with Gasteiger partial charge in [0.15, 0.2) is 0 Å². The quantitative estimate of drug-likeness (QED) is 0.639. The molecule has 1 rings (SSSR count). The van der Waals surface area contributed by atoms with Crippen molar-refractivity contribution in [3.05, 3.63) is 0 Å². The second-order valence-electron chi connectivity index (χ2n) is 3.72. The number of hydrogen-bond acceptors (Lipinski definition) is 3. The Morgan fingerprint density at radius 1 is 1.69 bits per heavy atom. The second kappa shape index (κ2) is 5.19. The minimum absolute atomic E-state index is 0.0494. The monoisotopic (exact) mass is 186 g/mol. The first-order valence-electron chi connectivity index (χ1n) is 4.79. The molecule has 1 fully saturated rings. The summed E-state index contributed by atoms with van der Waals surface area (Å²) >= 11 is 0. The molecule has 1 heterocycles. The molecule has 76 valence electrons. The van der Waals surface area contributed by atoms with Crippen molar-refractivity contribution < 1.29 is 9.53 Å². The molecule has 1 saturated heterocycles. The minimum atomic E-state index is -0.160. The van der Waals surface area contributed by atoms with Crippen LogP contribution in [0.15, 0.2) is 0 Å². The minimum Gasteiger partial charge on any atom is -0.378 e. The topological polar surface area (TPSA) is 50.4 Å². The van der Waals surface area contributed by atoms with E-state index in [-0.39, 0.29) is 11.9 Å². The molecule has 0 bridgehead atoms. The lowest BCUT2D eigenvalue weighted by Gasteiger charge is -2.23. The molecule has 1 unspecified atom stereocenters. The highest BCUT2D eigenvalue weighted by atomic mass is 16.5. The molecule has 0 saturated carbocycles. The van der Waals surface area contributed by atoms with Gasteiger partial charge in [-0.3, -0.25) is 4.79 Å². The summed E-state index contributed by atoms with van der Waals surface area (Å²) in [7, 11) is 0. The predicted octanol–water partition coefficient (Wildman–Crippen LogP) is -0.253. The van der Waals surface area contributed by atoms with Crippen molar-refractivity contribution in [2.75, 3.05) is 26.3 Å². The van der Waals surface area contributed by atoms with Gasteiger partial charge >= 0.3 is 0 Å². The van der Waals surface area contributed by atoms with Crippen LogP contribution < -0.4 is 10.6 Å². The van der Waals surface area contributed by atoms with Crippen LogP contribution in [0.25, 0.3) is 0 Å². The lowest BCUT2D eigenvalue weighted by Crippen LogP contribution is -2.51.